The number of aryl methyl sites for hydroxylation is 1. The summed E-state index contributed by atoms with van der Waals surface area (Å²) in [6, 6.07) is 15.9. The van der Waals surface area contributed by atoms with E-state index < -0.39 is 29.0 Å². The van der Waals surface area contributed by atoms with Crippen molar-refractivity contribution in [2.45, 2.75) is 57.7 Å². The molecule has 2 heterocycles. The Labute approximate surface area is 239 Å². The van der Waals surface area contributed by atoms with Gasteiger partial charge in [-0.25, -0.2) is 9.80 Å². The molecule has 218 valence electrons. The number of nitrogens with zero attached hydrogens (tertiary/aromatic N) is 3. The number of carbonyl (C=O) groups excluding carboxylic acids is 3. The SMILES string of the molecule is CN1N=C2CCN(C(=O)C(CCc3ccccc3CO)NC(=O)C(C)(C)NC(=O)O)C[C@@]2(Cc2ccccc2)C1=O. The van der Waals surface area contributed by atoms with E-state index in [0.717, 1.165) is 22.4 Å². The number of nitrogens with one attached hydrogen (secondary N) is 2. The van der Waals surface area contributed by atoms with Crippen molar-refractivity contribution in [2.75, 3.05) is 20.1 Å². The number of likely N-dealkylation sites (tertiary alicyclic amines) is 1. The Morgan fingerprint density at radius 3 is 2.39 bits per heavy atom. The van der Waals surface area contributed by atoms with E-state index in [9.17, 15) is 29.4 Å². The first-order chi connectivity index (χ1) is 19.5. The summed E-state index contributed by atoms with van der Waals surface area (Å²) in [5, 5.41) is 29.8. The normalized spacial score (nSPS) is 19.3. The molecule has 2 atom stereocenters. The molecular formula is C30H37N5O6. The third-order valence-corrected chi connectivity index (χ3v) is 7.85. The van der Waals surface area contributed by atoms with E-state index in [2.05, 4.69) is 15.7 Å². The fraction of sp³-hybridized carbons (Fsp3) is 0.433. The largest absolute Gasteiger partial charge is 0.465 e. The van der Waals surface area contributed by atoms with Crippen LogP contribution in [0.1, 0.15) is 43.4 Å². The molecule has 2 aliphatic rings. The van der Waals surface area contributed by atoms with Crippen LogP contribution in [-0.4, -0.2) is 81.4 Å². The number of aliphatic hydroxyl groups excluding tert-OH is 1. The van der Waals surface area contributed by atoms with Gasteiger partial charge in [0.15, 0.2) is 0 Å². The Morgan fingerprint density at radius 1 is 1.07 bits per heavy atom. The minimum absolute atomic E-state index is 0.110. The van der Waals surface area contributed by atoms with Crippen LogP contribution in [0, 0.1) is 5.41 Å². The number of carboxylic acid groups (broad SMARTS) is 1. The molecule has 41 heavy (non-hydrogen) atoms. The van der Waals surface area contributed by atoms with Gasteiger partial charge in [-0.3, -0.25) is 14.4 Å². The quantitative estimate of drug-likeness (QED) is 0.347. The molecule has 0 saturated carbocycles. The van der Waals surface area contributed by atoms with Gasteiger partial charge in [0.2, 0.25) is 11.8 Å². The lowest BCUT2D eigenvalue weighted by Gasteiger charge is -2.41. The number of fused-ring (bicyclic) bond motifs is 1. The van der Waals surface area contributed by atoms with Gasteiger partial charge in [-0.05, 0) is 49.8 Å². The zero-order chi connectivity index (χ0) is 29.8. The van der Waals surface area contributed by atoms with E-state index in [1.54, 1.807) is 18.0 Å². The summed E-state index contributed by atoms with van der Waals surface area (Å²) >= 11 is 0. The molecule has 11 heteroatoms. The summed E-state index contributed by atoms with van der Waals surface area (Å²) in [5.41, 5.74) is 0.747. The summed E-state index contributed by atoms with van der Waals surface area (Å²) in [5.74, 6) is -1.19. The van der Waals surface area contributed by atoms with Gasteiger partial charge in [0.05, 0.1) is 12.3 Å². The molecule has 0 bridgehead atoms. The van der Waals surface area contributed by atoms with Crippen LogP contribution in [-0.2, 0) is 33.8 Å². The molecular weight excluding hydrogens is 526 g/mol. The monoisotopic (exact) mass is 563 g/mol. The molecule has 1 fully saturated rings. The average molecular weight is 564 g/mol. The summed E-state index contributed by atoms with van der Waals surface area (Å²) in [7, 11) is 1.62. The second kappa shape index (κ2) is 12.1. The number of amides is 4. The number of hydrogen-bond acceptors (Lipinski definition) is 6. The van der Waals surface area contributed by atoms with Crippen LogP contribution in [0.15, 0.2) is 59.7 Å². The van der Waals surface area contributed by atoms with E-state index in [-0.39, 0.29) is 31.4 Å². The molecule has 2 aliphatic heterocycles. The molecule has 1 saturated heterocycles. The highest BCUT2D eigenvalue weighted by Gasteiger charge is 2.54. The first-order valence-electron chi connectivity index (χ1n) is 13.7. The highest BCUT2D eigenvalue weighted by atomic mass is 16.4. The van der Waals surface area contributed by atoms with E-state index in [1.807, 2.05) is 48.5 Å². The summed E-state index contributed by atoms with van der Waals surface area (Å²) in [6.07, 6.45) is 0.0314. The lowest BCUT2D eigenvalue weighted by atomic mass is 9.73. The van der Waals surface area contributed by atoms with Gasteiger partial charge in [0, 0.05) is 26.6 Å². The molecule has 11 nitrogen and oxygen atoms in total. The minimum atomic E-state index is -1.49. The van der Waals surface area contributed by atoms with Crippen molar-refractivity contribution in [2.24, 2.45) is 10.5 Å². The highest BCUT2D eigenvalue weighted by Crippen LogP contribution is 2.38. The van der Waals surface area contributed by atoms with Crippen LogP contribution in [0.2, 0.25) is 0 Å². The maximum Gasteiger partial charge on any atom is 0.405 e. The van der Waals surface area contributed by atoms with Crippen molar-refractivity contribution in [3.05, 3.63) is 71.3 Å². The summed E-state index contributed by atoms with van der Waals surface area (Å²) in [6.45, 7) is 3.11. The third kappa shape index (κ3) is 6.40. The first kappa shape index (κ1) is 29.7. The molecule has 0 aromatic heterocycles. The molecule has 4 rings (SSSR count). The Hall–Kier alpha value is -4.25. The number of hydrogen-bond donors (Lipinski definition) is 4. The van der Waals surface area contributed by atoms with Crippen LogP contribution < -0.4 is 10.6 Å². The fourth-order valence-electron chi connectivity index (χ4n) is 5.61. The van der Waals surface area contributed by atoms with Crippen LogP contribution in [0.5, 0.6) is 0 Å². The van der Waals surface area contributed by atoms with Crippen molar-refractivity contribution >= 4 is 29.5 Å². The van der Waals surface area contributed by atoms with Gasteiger partial charge >= 0.3 is 6.09 Å². The number of rotatable bonds is 10. The number of aliphatic hydroxyl groups is 1. The Bertz CT molecular complexity index is 1340. The van der Waals surface area contributed by atoms with Gasteiger partial charge in [0.1, 0.15) is 17.0 Å². The molecule has 0 radical (unpaired) electrons. The summed E-state index contributed by atoms with van der Waals surface area (Å²) in [4.78, 5) is 53.7. The second-order valence-electron chi connectivity index (χ2n) is 11.2. The molecule has 2 aromatic rings. The number of benzene rings is 2. The lowest BCUT2D eigenvalue weighted by molar-refractivity contribution is -0.142. The first-order valence-corrected chi connectivity index (χ1v) is 13.7. The van der Waals surface area contributed by atoms with Crippen molar-refractivity contribution in [1.82, 2.24) is 20.5 Å². The average Bonchev–Trinajstić information content (AvgIpc) is 3.19. The number of carbonyl (C=O) groups is 4. The molecule has 2 aromatic carbocycles. The maximum atomic E-state index is 14.1. The second-order valence-corrected chi connectivity index (χ2v) is 11.2. The topological polar surface area (TPSA) is 152 Å². The van der Waals surface area contributed by atoms with Crippen LogP contribution in [0.4, 0.5) is 4.79 Å². The number of piperidine rings is 1. The van der Waals surface area contributed by atoms with E-state index >= 15 is 0 Å². The van der Waals surface area contributed by atoms with Crippen molar-refractivity contribution in [3.8, 4) is 0 Å². The Kier molecular flexibility index (Phi) is 8.77. The Balaban J connectivity index is 1.61. The van der Waals surface area contributed by atoms with Crippen molar-refractivity contribution < 1.29 is 29.4 Å². The van der Waals surface area contributed by atoms with Crippen LogP contribution in [0.3, 0.4) is 0 Å². The standard InChI is InChI=1S/C30H37N5O6/c1-29(2,32-28(40)41)26(38)31-23(14-13-21-11-7-8-12-22(21)18-36)25(37)35-16-15-24-30(19-35,27(39)34(3)33-24)17-20-9-5-4-6-10-20/h4-12,23,32,36H,13-19H2,1-3H3,(H,31,38)(H,40,41)/t23?,30-/m1/s1. The smallest absolute Gasteiger partial charge is 0.405 e. The third-order valence-electron chi connectivity index (χ3n) is 7.85. The molecule has 4 N–H and O–H groups in total. The predicted molar refractivity (Wildman–Crippen MR) is 152 cm³/mol. The van der Waals surface area contributed by atoms with E-state index in [1.165, 1.54) is 18.9 Å². The van der Waals surface area contributed by atoms with Gasteiger partial charge in [-0.15, -0.1) is 0 Å². The predicted octanol–water partition coefficient (Wildman–Crippen LogP) is 1.93. The van der Waals surface area contributed by atoms with Gasteiger partial charge in [-0.2, -0.15) is 5.10 Å². The number of hydrazone groups is 1. The van der Waals surface area contributed by atoms with Crippen molar-refractivity contribution in [3.63, 3.8) is 0 Å². The van der Waals surface area contributed by atoms with Gasteiger partial charge in [-0.1, -0.05) is 54.6 Å². The maximum absolute atomic E-state index is 14.1. The summed E-state index contributed by atoms with van der Waals surface area (Å²) < 4.78 is 0. The zero-order valence-electron chi connectivity index (χ0n) is 23.6. The molecule has 4 amide bonds. The van der Waals surface area contributed by atoms with Crippen molar-refractivity contribution in [1.29, 1.82) is 0 Å². The van der Waals surface area contributed by atoms with E-state index in [4.69, 9.17) is 0 Å². The van der Waals surface area contributed by atoms with E-state index in [0.29, 0.717) is 25.8 Å². The highest BCUT2D eigenvalue weighted by molar-refractivity contribution is 6.13. The Morgan fingerprint density at radius 2 is 1.73 bits per heavy atom. The molecule has 0 spiro atoms. The van der Waals surface area contributed by atoms with Crippen LogP contribution >= 0.6 is 0 Å². The van der Waals surface area contributed by atoms with Gasteiger partial charge in [0.25, 0.3) is 5.91 Å². The lowest BCUT2D eigenvalue weighted by Crippen LogP contribution is -2.61. The molecule has 0 aliphatic carbocycles. The fourth-order valence-corrected chi connectivity index (χ4v) is 5.61. The zero-order valence-corrected chi connectivity index (χ0v) is 23.6. The molecule has 1 unspecified atom stereocenters. The van der Waals surface area contributed by atoms with Gasteiger partial charge < -0.3 is 25.7 Å². The van der Waals surface area contributed by atoms with Crippen LogP contribution in [0.25, 0.3) is 0 Å². The minimum Gasteiger partial charge on any atom is -0.465 e.